The quantitative estimate of drug-likeness (QED) is 0.750. The smallest absolute Gasteiger partial charge is 0.169 e. The van der Waals surface area contributed by atoms with E-state index < -0.39 is 0 Å². The van der Waals surface area contributed by atoms with E-state index in [0.717, 1.165) is 6.54 Å². The Balaban J connectivity index is 2.56. The van der Waals surface area contributed by atoms with E-state index in [2.05, 4.69) is 35.6 Å². The highest BCUT2D eigenvalue weighted by Crippen LogP contribution is 2.20. The van der Waals surface area contributed by atoms with Gasteiger partial charge in [0.05, 0.1) is 6.33 Å². The average molecular weight is 255 g/mol. The Bertz CT molecular complexity index is 315. The summed E-state index contributed by atoms with van der Waals surface area (Å²) in [6.45, 7) is 8.20. The minimum absolute atomic E-state index is 0.149. The molecule has 0 bridgehead atoms. The third kappa shape index (κ3) is 4.76. The van der Waals surface area contributed by atoms with Crippen LogP contribution < -0.4 is 5.32 Å². The van der Waals surface area contributed by atoms with Gasteiger partial charge >= 0.3 is 0 Å². The second kappa shape index (κ2) is 6.87. The van der Waals surface area contributed by atoms with Gasteiger partial charge in [0.1, 0.15) is 0 Å². The molecule has 1 unspecified atom stereocenters. The fourth-order valence-corrected chi connectivity index (χ4v) is 1.75. The van der Waals surface area contributed by atoms with Gasteiger partial charge in [-0.3, -0.25) is 0 Å². The van der Waals surface area contributed by atoms with Crippen molar-refractivity contribution in [3.05, 3.63) is 18.7 Å². The molecule has 1 aromatic rings. The van der Waals surface area contributed by atoms with E-state index in [4.69, 9.17) is 9.47 Å². The summed E-state index contributed by atoms with van der Waals surface area (Å²) >= 11 is 0. The van der Waals surface area contributed by atoms with Crippen LogP contribution in [0.5, 0.6) is 0 Å². The van der Waals surface area contributed by atoms with Crippen molar-refractivity contribution in [3.63, 3.8) is 0 Å². The van der Waals surface area contributed by atoms with Crippen molar-refractivity contribution in [1.29, 1.82) is 0 Å². The number of rotatable bonds is 7. The maximum absolute atomic E-state index is 5.19. The molecule has 0 aliphatic rings. The lowest BCUT2D eigenvalue weighted by Crippen LogP contribution is -2.46. The topological polar surface area (TPSA) is 48.3 Å². The Morgan fingerprint density at radius 1 is 1.28 bits per heavy atom. The summed E-state index contributed by atoms with van der Waals surface area (Å²) in [5.74, 6) is 0. The molecule has 1 atom stereocenters. The van der Waals surface area contributed by atoms with Gasteiger partial charge in [0.25, 0.3) is 0 Å². The lowest BCUT2D eigenvalue weighted by Gasteiger charge is -2.33. The third-order valence-corrected chi connectivity index (χ3v) is 3.05. The average Bonchev–Trinajstić information content (AvgIpc) is 2.80. The van der Waals surface area contributed by atoms with Crippen molar-refractivity contribution in [2.24, 2.45) is 5.41 Å². The van der Waals surface area contributed by atoms with Gasteiger partial charge < -0.3 is 19.4 Å². The van der Waals surface area contributed by atoms with Crippen LogP contribution in [0.3, 0.4) is 0 Å². The van der Waals surface area contributed by atoms with Gasteiger partial charge in [-0.1, -0.05) is 20.8 Å². The van der Waals surface area contributed by atoms with E-state index in [1.54, 1.807) is 20.4 Å². The summed E-state index contributed by atoms with van der Waals surface area (Å²) in [6.07, 6.45) is 5.40. The Kier molecular flexibility index (Phi) is 5.78. The van der Waals surface area contributed by atoms with Crippen LogP contribution in [0.1, 0.15) is 20.8 Å². The molecule has 1 heterocycles. The number of aromatic nitrogens is 2. The Morgan fingerprint density at radius 2 is 1.94 bits per heavy atom. The molecule has 0 saturated heterocycles. The van der Waals surface area contributed by atoms with Crippen molar-refractivity contribution in [1.82, 2.24) is 14.9 Å². The molecular formula is C13H25N3O2. The largest absolute Gasteiger partial charge is 0.355 e. The van der Waals surface area contributed by atoms with Crippen LogP contribution in [0.15, 0.2) is 18.7 Å². The van der Waals surface area contributed by atoms with E-state index in [1.165, 1.54) is 0 Å². The van der Waals surface area contributed by atoms with Crippen LogP contribution in [0.4, 0.5) is 0 Å². The van der Waals surface area contributed by atoms with E-state index in [0.29, 0.717) is 12.6 Å². The van der Waals surface area contributed by atoms with Crippen molar-refractivity contribution < 1.29 is 9.47 Å². The van der Waals surface area contributed by atoms with Crippen LogP contribution in [0.2, 0.25) is 0 Å². The highest BCUT2D eigenvalue weighted by atomic mass is 16.7. The van der Waals surface area contributed by atoms with Crippen molar-refractivity contribution >= 4 is 0 Å². The Labute approximate surface area is 109 Å². The predicted octanol–water partition coefficient (Wildman–Crippen LogP) is 1.51. The fourth-order valence-electron chi connectivity index (χ4n) is 1.75. The lowest BCUT2D eigenvalue weighted by atomic mass is 9.86. The number of hydrogen-bond donors (Lipinski definition) is 1. The zero-order valence-corrected chi connectivity index (χ0v) is 12.0. The second-order valence-corrected chi connectivity index (χ2v) is 5.49. The zero-order valence-electron chi connectivity index (χ0n) is 12.0. The SMILES string of the molecule is COC(CNC(Cn1ccnc1)C(C)(C)C)OC. The number of methoxy groups -OCH3 is 2. The van der Waals surface area contributed by atoms with Crippen molar-refractivity contribution in [3.8, 4) is 0 Å². The standard InChI is InChI=1S/C13H25N3O2/c1-13(2,3)11(9-16-7-6-14-10-16)15-8-12(17-4)18-5/h6-7,10-12,15H,8-9H2,1-5H3. The molecule has 104 valence electrons. The molecule has 0 aliphatic heterocycles. The maximum Gasteiger partial charge on any atom is 0.169 e. The van der Waals surface area contributed by atoms with Gasteiger partial charge in [-0.05, 0) is 5.41 Å². The summed E-state index contributed by atoms with van der Waals surface area (Å²) in [4.78, 5) is 4.07. The monoisotopic (exact) mass is 255 g/mol. The number of imidazole rings is 1. The minimum atomic E-state index is -0.211. The van der Waals surface area contributed by atoms with Gasteiger partial charge in [-0.15, -0.1) is 0 Å². The molecule has 0 saturated carbocycles. The first-order chi connectivity index (χ1) is 8.47. The van der Waals surface area contributed by atoms with Gasteiger partial charge in [-0.25, -0.2) is 4.98 Å². The molecular weight excluding hydrogens is 230 g/mol. The molecule has 5 nitrogen and oxygen atoms in total. The number of ether oxygens (including phenoxy) is 2. The molecule has 0 radical (unpaired) electrons. The van der Waals surface area contributed by atoms with E-state index in [9.17, 15) is 0 Å². The van der Waals surface area contributed by atoms with Gasteiger partial charge in [0.15, 0.2) is 6.29 Å². The summed E-state index contributed by atoms with van der Waals surface area (Å²) < 4.78 is 12.5. The second-order valence-electron chi connectivity index (χ2n) is 5.49. The predicted molar refractivity (Wildman–Crippen MR) is 71.3 cm³/mol. The van der Waals surface area contributed by atoms with Gasteiger partial charge in [0, 0.05) is 45.7 Å². The lowest BCUT2D eigenvalue weighted by molar-refractivity contribution is -0.101. The van der Waals surface area contributed by atoms with Gasteiger partial charge in [-0.2, -0.15) is 0 Å². The number of nitrogens with zero attached hydrogens (tertiary/aromatic N) is 2. The van der Waals surface area contributed by atoms with Crippen LogP contribution in [0.25, 0.3) is 0 Å². The first-order valence-electron chi connectivity index (χ1n) is 6.22. The highest BCUT2D eigenvalue weighted by Gasteiger charge is 2.25. The highest BCUT2D eigenvalue weighted by molar-refractivity contribution is 4.84. The van der Waals surface area contributed by atoms with Crippen molar-refractivity contribution in [2.75, 3.05) is 20.8 Å². The summed E-state index contributed by atoms with van der Waals surface area (Å²) in [5, 5.41) is 3.50. The van der Waals surface area contributed by atoms with E-state index in [1.807, 2.05) is 12.5 Å². The van der Waals surface area contributed by atoms with E-state index in [-0.39, 0.29) is 11.7 Å². The van der Waals surface area contributed by atoms with Crippen molar-refractivity contribution in [2.45, 2.75) is 39.6 Å². The fraction of sp³-hybridized carbons (Fsp3) is 0.769. The van der Waals surface area contributed by atoms with Crippen LogP contribution in [-0.2, 0) is 16.0 Å². The third-order valence-electron chi connectivity index (χ3n) is 3.05. The first kappa shape index (κ1) is 15.1. The Hall–Kier alpha value is -0.910. The number of nitrogens with one attached hydrogen (secondary N) is 1. The van der Waals surface area contributed by atoms with Crippen LogP contribution >= 0.6 is 0 Å². The first-order valence-corrected chi connectivity index (χ1v) is 6.22. The van der Waals surface area contributed by atoms with Crippen LogP contribution in [-0.4, -0.2) is 42.6 Å². The molecule has 0 fully saturated rings. The molecule has 0 amide bonds. The molecule has 0 aliphatic carbocycles. The number of hydrogen-bond acceptors (Lipinski definition) is 4. The normalized spacial score (nSPS) is 14.1. The molecule has 0 aromatic carbocycles. The van der Waals surface area contributed by atoms with Gasteiger partial charge in [0.2, 0.25) is 0 Å². The van der Waals surface area contributed by atoms with E-state index >= 15 is 0 Å². The molecule has 1 rings (SSSR count). The maximum atomic E-state index is 5.19. The summed E-state index contributed by atoms with van der Waals surface area (Å²) in [6, 6.07) is 0.319. The zero-order chi connectivity index (χ0) is 13.6. The minimum Gasteiger partial charge on any atom is -0.355 e. The molecule has 1 aromatic heterocycles. The molecule has 1 N–H and O–H groups in total. The summed E-state index contributed by atoms with van der Waals surface area (Å²) in [7, 11) is 3.30. The Morgan fingerprint density at radius 3 is 2.39 bits per heavy atom. The van der Waals surface area contributed by atoms with Crippen LogP contribution in [0, 0.1) is 5.41 Å². The summed E-state index contributed by atoms with van der Waals surface area (Å²) in [5.41, 5.74) is 0.149. The molecule has 5 heteroatoms. The molecule has 0 spiro atoms. The molecule has 18 heavy (non-hydrogen) atoms.